The highest BCUT2D eigenvalue weighted by Crippen LogP contribution is 1.92. The van der Waals surface area contributed by atoms with Crippen LogP contribution in [0.5, 0.6) is 0 Å². The van der Waals surface area contributed by atoms with Crippen LogP contribution in [0.25, 0.3) is 0 Å². The molecule has 1 aliphatic heterocycles. The molecule has 0 spiro atoms. The molecule has 8 heavy (non-hydrogen) atoms. The molecule has 0 fully saturated rings. The molecule has 0 saturated heterocycles. The standard InChI is InChI=1S/C4H5NO2S/c6-8(7)4-2-1-3-5-8/h1-5H. The van der Waals surface area contributed by atoms with Gasteiger partial charge in [-0.05, 0) is 12.2 Å². The predicted molar refractivity (Wildman–Crippen MR) is 30.3 cm³/mol. The van der Waals surface area contributed by atoms with Crippen LogP contribution < -0.4 is 4.72 Å². The van der Waals surface area contributed by atoms with Crippen LogP contribution in [0.3, 0.4) is 0 Å². The van der Waals surface area contributed by atoms with E-state index < -0.39 is 10.0 Å². The molecule has 0 unspecified atom stereocenters. The number of hydrogen-bond acceptors (Lipinski definition) is 2. The Balaban J connectivity index is 2.98. The Labute approximate surface area is 47.8 Å². The second-order valence-electron chi connectivity index (χ2n) is 1.35. The maximum Gasteiger partial charge on any atom is 0.254 e. The summed E-state index contributed by atoms with van der Waals surface area (Å²) >= 11 is 0. The summed E-state index contributed by atoms with van der Waals surface area (Å²) in [6, 6.07) is 0. The lowest BCUT2D eigenvalue weighted by atomic mass is 10.6. The molecule has 1 heterocycles. The average Bonchev–Trinajstić information content (AvgIpc) is 1.65. The number of hydrogen-bond donors (Lipinski definition) is 1. The summed E-state index contributed by atoms with van der Waals surface area (Å²) in [6.45, 7) is 0. The zero-order valence-corrected chi connectivity index (χ0v) is 4.85. The molecule has 1 aliphatic rings. The van der Waals surface area contributed by atoms with Crippen molar-refractivity contribution in [2.75, 3.05) is 0 Å². The van der Waals surface area contributed by atoms with E-state index in [0.717, 1.165) is 5.41 Å². The first kappa shape index (κ1) is 5.37. The molecule has 0 aromatic rings. The number of sulfonamides is 1. The average molecular weight is 131 g/mol. The number of rotatable bonds is 0. The maximum absolute atomic E-state index is 10.4. The van der Waals surface area contributed by atoms with Crippen molar-refractivity contribution in [3.05, 3.63) is 23.8 Å². The van der Waals surface area contributed by atoms with Crippen molar-refractivity contribution in [3.63, 3.8) is 0 Å². The monoisotopic (exact) mass is 131 g/mol. The van der Waals surface area contributed by atoms with Gasteiger partial charge in [-0.15, -0.1) is 0 Å². The van der Waals surface area contributed by atoms with E-state index in [2.05, 4.69) is 4.72 Å². The van der Waals surface area contributed by atoms with Gasteiger partial charge in [0.05, 0.1) is 5.41 Å². The van der Waals surface area contributed by atoms with E-state index in [9.17, 15) is 8.42 Å². The molecular weight excluding hydrogens is 126 g/mol. The van der Waals surface area contributed by atoms with Gasteiger partial charge < -0.3 is 0 Å². The van der Waals surface area contributed by atoms with Crippen molar-refractivity contribution < 1.29 is 8.42 Å². The van der Waals surface area contributed by atoms with Crippen LogP contribution in [0, 0.1) is 0 Å². The van der Waals surface area contributed by atoms with E-state index in [-0.39, 0.29) is 0 Å². The van der Waals surface area contributed by atoms with E-state index in [1.54, 1.807) is 6.08 Å². The first-order chi connectivity index (χ1) is 3.71. The van der Waals surface area contributed by atoms with Crippen LogP contribution in [-0.4, -0.2) is 8.42 Å². The summed E-state index contributed by atoms with van der Waals surface area (Å²) in [5.41, 5.74) is 0. The fourth-order valence-electron chi connectivity index (χ4n) is 0.378. The summed E-state index contributed by atoms with van der Waals surface area (Å²) in [5.74, 6) is 0. The van der Waals surface area contributed by atoms with Gasteiger partial charge in [0.15, 0.2) is 0 Å². The second-order valence-corrected chi connectivity index (χ2v) is 2.95. The van der Waals surface area contributed by atoms with Gasteiger partial charge >= 0.3 is 0 Å². The van der Waals surface area contributed by atoms with Crippen molar-refractivity contribution in [2.45, 2.75) is 0 Å². The molecule has 4 heteroatoms. The van der Waals surface area contributed by atoms with Gasteiger partial charge in [-0.25, -0.2) is 8.42 Å². The maximum atomic E-state index is 10.4. The topological polar surface area (TPSA) is 46.2 Å². The quantitative estimate of drug-likeness (QED) is 0.501. The van der Waals surface area contributed by atoms with Crippen LogP contribution in [-0.2, 0) is 10.0 Å². The molecule has 3 nitrogen and oxygen atoms in total. The van der Waals surface area contributed by atoms with Crippen LogP contribution in [0.2, 0.25) is 0 Å². The molecule has 1 rings (SSSR count). The van der Waals surface area contributed by atoms with Gasteiger partial charge in [0.25, 0.3) is 10.0 Å². The molecular formula is C4H5NO2S. The van der Waals surface area contributed by atoms with Crippen molar-refractivity contribution in [3.8, 4) is 0 Å². The lowest BCUT2D eigenvalue weighted by Gasteiger charge is -1.98. The Bertz CT molecular complexity index is 224. The fourth-order valence-corrected chi connectivity index (χ4v) is 1.02. The molecule has 44 valence electrons. The zero-order chi connectivity index (χ0) is 6.04. The number of nitrogens with one attached hydrogen (secondary N) is 1. The third-order valence-corrected chi connectivity index (χ3v) is 1.68. The van der Waals surface area contributed by atoms with E-state index in [1.807, 2.05) is 0 Å². The van der Waals surface area contributed by atoms with Crippen LogP contribution in [0.4, 0.5) is 0 Å². The normalized spacial score (nSPS) is 22.5. The summed E-state index contributed by atoms with van der Waals surface area (Å²) in [4.78, 5) is 0. The highest BCUT2D eigenvalue weighted by atomic mass is 32.2. The summed E-state index contributed by atoms with van der Waals surface area (Å²) in [5, 5.41) is 1.10. The summed E-state index contributed by atoms with van der Waals surface area (Å²) in [7, 11) is -3.10. The van der Waals surface area contributed by atoms with Gasteiger partial charge in [0, 0.05) is 6.20 Å². The van der Waals surface area contributed by atoms with Crippen molar-refractivity contribution >= 4 is 10.0 Å². The molecule has 0 aromatic carbocycles. The van der Waals surface area contributed by atoms with Gasteiger partial charge in [-0.3, -0.25) is 4.72 Å². The second kappa shape index (κ2) is 1.63. The van der Waals surface area contributed by atoms with Crippen molar-refractivity contribution in [1.29, 1.82) is 0 Å². The van der Waals surface area contributed by atoms with E-state index in [1.165, 1.54) is 12.3 Å². The van der Waals surface area contributed by atoms with E-state index >= 15 is 0 Å². The van der Waals surface area contributed by atoms with Crippen LogP contribution in [0.15, 0.2) is 23.8 Å². The van der Waals surface area contributed by atoms with E-state index in [4.69, 9.17) is 0 Å². The first-order valence-electron chi connectivity index (χ1n) is 2.06. The molecule has 0 amide bonds. The molecule has 0 saturated carbocycles. The Kier molecular flexibility index (Phi) is 1.09. The Morgan fingerprint density at radius 3 is 2.25 bits per heavy atom. The molecule has 0 atom stereocenters. The smallest absolute Gasteiger partial charge is 0.254 e. The van der Waals surface area contributed by atoms with Gasteiger partial charge in [-0.1, -0.05) is 0 Å². The molecule has 0 radical (unpaired) electrons. The van der Waals surface area contributed by atoms with Gasteiger partial charge in [-0.2, -0.15) is 0 Å². The molecule has 1 N–H and O–H groups in total. The fraction of sp³-hybridized carbons (Fsp3) is 0. The molecule has 0 aliphatic carbocycles. The number of allylic oxidation sites excluding steroid dienone is 2. The van der Waals surface area contributed by atoms with Gasteiger partial charge in [0.2, 0.25) is 0 Å². The van der Waals surface area contributed by atoms with Crippen molar-refractivity contribution in [1.82, 2.24) is 4.72 Å². The third kappa shape index (κ3) is 1.10. The first-order valence-corrected chi connectivity index (χ1v) is 3.61. The highest BCUT2D eigenvalue weighted by molar-refractivity contribution is 7.92. The molecule has 0 aromatic heterocycles. The minimum absolute atomic E-state index is 1.10. The Morgan fingerprint density at radius 2 is 2.00 bits per heavy atom. The van der Waals surface area contributed by atoms with Gasteiger partial charge in [0.1, 0.15) is 0 Å². The van der Waals surface area contributed by atoms with E-state index in [0.29, 0.717) is 0 Å². The van der Waals surface area contributed by atoms with Crippen LogP contribution >= 0.6 is 0 Å². The highest BCUT2D eigenvalue weighted by Gasteiger charge is 2.00. The SMILES string of the molecule is O=S1(=O)C=CC=CN1. The lowest BCUT2D eigenvalue weighted by Crippen LogP contribution is -2.15. The Hall–Kier alpha value is -0.770. The predicted octanol–water partition coefficient (Wildman–Crippen LogP) is -0.0532. The third-order valence-electron chi connectivity index (χ3n) is 0.697. The minimum atomic E-state index is -3.10. The lowest BCUT2D eigenvalue weighted by molar-refractivity contribution is 0.599. The zero-order valence-electron chi connectivity index (χ0n) is 4.03. The Morgan fingerprint density at radius 1 is 1.25 bits per heavy atom. The van der Waals surface area contributed by atoms with Crippen molar-refractivity contribution in [2.24, 2.45) is 0 Å². The summed E-state index contributed by atoms with van der Waals surface area (Å²) < 4.78 is 23.0. The largest absolute Gasteiger partial charge is 0.287 e. The van der Waals surface area contributed by atoms with Crippen LogP contribution in [0.1, 0.15) is 0 Å². The minimum Gasteiger partial charge on any atom is -0.287 e. The molecule has 0 bridgehead atoms. The summed E-state index contributed by atoms with van der Waals surface area (Å²) in [6.07, 6.45) is 4.45.